The Balaban J connectivity index is 1.65. The largest absolute Gasteiger partial charge is 0.478 e. The molecule has 5 atom stereocenters. The quantitative estimate of drug-likeness (QED) is 0.656. The molecular formula is C18H18O7. The van der Waals surface area contributed by atoms with Crippen molar-refractivity contribution in [2.45, 2.75) is 44.2 Å². The summed E-state index contributed by atoms with van der Waals surface area (Å²) in [5.74, 6) is -3.66. The SMILES string of the molecule is CC1(C)OC2OC3C(/C(=C\c4ccccc4)C(=O)O)C(=O)OC3C2O1. The van der Waals surface area contributed by atoms with Crippen molar-refractivity contribution < 1.29 is 33.6 Å². The highest BCUT2D eigenvalue weighted by atomic mass is 16.8. The van der Waals surface area contributed by atoms with Crippen molar-refractivity contribution >= 4 is 18.0 Å². The predicted octanol–water partition coefficient (Wildman–Crippen LogP) is 1.57. The summed E-state index contributed by atoms with van der Waals surface area (Å²) < 4.78 is 22.6. The van der Waals surface area contributed by atoms with Crippen LogP contribution < -0.4 is 0 Å². The third-order valence-corrected chi connectivity index (χ3v) is 4.57. The lowest BCUT2D eigenvalue weighted by Gasteiger charge is -2.22. The average Bonchev–Trinajstić information content (AvgIpc) is 3.12. The highest BCUT2D eigenvalue weighted by Crippen LogP contribution is 2.46. The van der Waals surface area contributed by atoms with Crippen LogP contribution in [0.2, 0.25) is 0 Å². The van der Waals surface area contributed by atoms with E-state index in [-0.39, 0.29) is 5.57 Å². The fourth-order valence-corrected chi connectivity index (χ4v) is 3.57. The van der Waals surface area contributed by atoms with E-state index in [0.717, 1.165) is 0 Å². The van der Waals surface area contributed by atoms with Crippen molar-refractivity contribution in [3.63, 3.8) is 0 Å². The number of hydrogen-bond donors (Lipinski definition) is 1. The Bertz CT molecular complexity index is 739. The fourth-order valence-electron chi connectivity index (χ4n) is 3.57. The van der Waals surface area contributed by atoms with Gasteiger partial charge in [-0.15, -0.1) is 0 Å². The summed E-state index contributed by atoms with van der Waals surface area (Å²) in [6.45, 7) is 3.49. The van der Waals surface area contributed by atoms with Crippen LogP contribution in [0, 0.1) is 5.92 Å². The molecule has 7 nitrogen and oxygen atoms in total. The molecule has 0 saturated carbocycles. The third kappa shape index (κ3) is 2.74. The number of esters is 1. The molecule has 3 fully saturated rings. The first-order valence-electron chi connectivity index (χ1n) is 8.07. The molecule has 5 unspecified atom stereocenters. The fraction of sp³-hybridized carbons (Fsp3) is 0.444. The van der Waals surface area contributed by atoms with Crippen LogP contribution in [0.15, 0.2) is 35.9 Å². The van der Waals surface area contributed by atoms with Crippen LogP contribution in [0.1, 0.15) is 19.4 Å². The van der Waals surface area contributed by atoms with E-state index in [2.05, 4.69) is 0 Å². The molecule has 1 aromatic carbocycles. The second kappa shape index (κ2) is 5.66. The van der Waals surface area contributed by atoms with Gasteiger partial charge in [-0.25, -0.2) is 4.79 Å². The van der Waals surface area contributed by atoms with Crippen LogP contribution in [0.25, 0.3) is 6.08 Å². The first kappa shape index (κ1) is 16.3. The Labute approximate surface area is 144 Å². The maximum absolute atomic E-state index is 12.4. The van der Waals surface area contributed by atoms with Gasteiger partial charge in [0, 0.05) is 0 Å². The summed E-state index contributed by atoms with van der Waals surface area (Å²) in [7, 11) is 0. The van der Waals surface area contributed by atoms with E-state index in [1.807, 2.05) is 6.07 Å². The number of aliphatic carboxylic acids is 1. The van der Waals surface area contributed by atoms with Crippen molar-refractivity contribution in [2.75, 3.05) is 0 Å². The first-order chi connectivity index (χ1) is 11.9. The monoisotopic (exact) mass is 346 g/mol. The van der Waals surface area contributed by atoms with Crippen LogP contribution in [0.3, 0.4) is 0 Å². The van der Waals surface area contributed by atoms with Gasteiger partial charge < -0.3 is 24.1 Å². The number of benzene rings is 1. The first-order valence-corrected chi connectivity index (χ1v) is 8.07. The Morgan fingerprint density at radius 2 is 1.84 bits per heavy atom. The minimum absolute atomic E-state index is 0.0667. The third-order valence-electron chi connectivity index (χ3n) is 4.57. The van der Waals surface area contributed by atoms with Gasteiger partial charge >= 0.3 is 11.9 Å². The molecule has 0 aliphatic carbocycles. The molecule has 1 aromatic rings. The van der Waals surface area contributed by atoms with Crippen LogP contribution in [0.5, 0.6) is 0 Å². The zero-order valence-corrected chi connectivity index (χ0v) is 13.7. The van der Waals surface area contributed by atoms with E-state index in [1.54, 1.807) is 38.1 Å². The topological polar surface area (TPSA) is 91.3 Å². The van der Waals surface area contributed by atoms with Crippen molar-refractivity contribution in [3.8, 4) is 0 Å². The number of carboxylic acids is 1. The summed E-state index contributed by atoms with van der Waals surface area (Å²) in [6, 6.07) is 8.94. The molecule has 4 rings (SSSR count). The van der Waals surface area contributed by atoms with E-state index in [9.17, 15) is 14.7 Å². The molecule has 3 aliphatic rings. The maximum Gasteiger partial charge on any atom is 0.332 e. The van der Waals surface area contributed by atoms with Crippen molar-refractivity contribution in [1.82, 2.24) is 0 Å². The van der Waals surface area contributed by atoms with Crippen molar-refractivity contribution in [3.05, 3.63) is 41.5 Å². The summed E-state index contributed by atoms with van der Waals surface area (Å²) in [5.41, 5.74) is 0.617. The minimum atomic E-state index is -1.19. The number of hydrogen-bond acceptors (Lipinski definition) is 6. The Kier molecular flexibility index (Phi) is 3.68. The molecule has 3 aliphatic heterocycles. The van der Waals surface area contributed by atoms with Gasteiger partial charge in [0.25, 0.3) is 0 Å². The molecule has 0 bridgehead atoms. The minimum Gasteiger partial charge on any atom is -0.478 e. The number of carboxylic acid groups (broad SMARTS) is 1. The number of carbonyl (C=O) groups is 2. The van der Waals surface area contributed by atoms with E-state index in [0.29, 0.717) is 5.56 Å². The molecule has 3 heterocycles. The van der Waals surface area contributed by atoms with E-state index in [4.69, 9.17) is 18.9 Å². The summed E-state index contributed by atoms with van der Waals surface area (Å²) >= 11 is 0. The molecular weight excluding hydrogens is 328 g/mol. The Morgan fingerprint density at radius 3 is 2.52 bits per heavy atom. The molecule has 0 aromatic heterocycles. The molecule has 0 spiro atoms. The lowest BCUT2D eigenvalue weighted by atomic mass is 9.91. The normalized spacial score (nSPS) is 36.0. The highest BCUT2D eigenvalue weighted by Gasteiger charge is 2.64. The van der Waals surface area contributed by atoms with Gasteiger partial charge in [-0.3, -0.25) is 4.79 Å². The molecule has 3 saturated heterocycles. The Hall–Kier alpha value is -2.22. The van der Waals surface area contributed by atoms with Gasteiger partial charge in [0.2, 0.25) is 0 Å². The van der Waals surface area contributed by atoms with Gasteiger partial charge in [-0.2, -0.15) is 0 Å². The summed E-state index contributed by atoms with van der Waals surface area (Å²) in [6.07, 6.45) is -1.18. The lowest BCUT2D eigenvalue weighted by molar-refractivity contribution is -0.211. The molecule has 0 radical (unpaired) electrons. The van der Waals surface area contributed by atoms with Crippen LogP contribution >= 0.6 is 0 Å². The number of ether oxygens (including phenoxy) is 4. The van der Waals surface area contributed by atoms with Crippen molar-refractivity contribution in [1.29, 1.82) is 0 Å². The lowest BCUT2D eigenvalue weighted by Crippen LogP contribution is -2.34. The van der Waals surface area contributed by atoms with Crippen LogP contribution in [-0.2, 0) is 28.5 Å². The van der Waals surface area contributed by atoms with Crippen LogP contribution in [-0.4, -0.2) is 47.4 Å². The van der Waals surface area contributed by atoms with E-state index < -0.39 is 48.2 Å². The number of fused-ring (bicyclic) bond motifs is 3. The molecule has 132 valence electrons. The van der Waals surface area contributed by atoms with Crippen LogP contribution in [0.4, 0.5) is 0 Å². The molecule has 1 N–H and O–H groups in total. The second-order valence-corrected chi connectivity index (χ2v) is 6.76. The zero-order chi connectivity index (χ0) is 17.8. The standard InChI is InChI=1S/C18H18O7/c1-18(2)24-14-13-12(23-17(14)25-18)11(16(21)22-13)10(15(19)20)8-9-6-4-3-5-7-9/h3-8,11-14,17H,1-2H3,(H,19,20)/b10-8+. The maximum atomic E-state index is 12.4. The second-order valence-electron chi connectivity index (χ2n) is 6.76. The predicted molar refractivity (Wildman–Crippen MR) is 84.1 cm³/mol. The summed E-state index contributed by atoms with van der Waals surface area (Å²) in [5, 5.41) is 9.62. The van der Waals surface area contributed by atoms with Gasteiger partial charge in [0.15, 0.2) is 24.3 Å². The summed E-state index contributed by atoms with van der Waals surface area (Å²) in [4.78, 5) is 24.2. The van der Waals surface area contributed by atoms with Gasteiger partial charge in [-0.05, 0) is 25.5 Å². The molecule has 0 amide bonds. The molecule has 25 heavy (non-hydrogen) atoms. The molecule has 7 heteroatoms. The average molecular weight is 346 g/mol. The number of rotatable bonds is 3. The van der Waals surface area contributed by atoms with Crippen molar-refractivity contribution in [2.24, 2.45) is 5.92 Å². The van der Waals surface area contributed by atoms with E-state index in [1.165, 1.54) is 6.08 Å². The van der Waals surface area contributed by atoms with Gasteiger partial charge in [0.05, 0.1) is 5.57 Å². The Morgan fingerprint density at radius 1 is 1.12 bits per heavy atom. The van der Waals surface area contributed by atoms with Gasteiger partial charge in [-0.1, -0.05) is 30.3 Å². The highest BCUT2D eigenvalue weighted by molar-refractivity contribution is 5.99. The zero-order valence-electron chi connectivity index (χ0n) is 13.7. The number of carbonyl (C=O) groups excluding carboxylic acids is 1. The van der Waals surface area contributed by atoms with E-state index >= 15 is 0 Å². The van der Waals surface area contributed by atoms with Gasteiger partial charge in [0.1, 0.15) is 12.0 Å². The smallest absolute Gasteiger partial charge is 0.332 e.